The van der Waals surface area contributed by atoms with Crippen molar-refractivity contribution >= 4 is 71.2 Å². The second-order valence-electron chi connectivity index (χ2n) is 29.0. The monoisotopic (exact) mass is 1340 g/mol. The summed E-state index contributed by atoms with van der Waals surface area (Å²) in [6.07, 6.45) is 12.9. The minimum Gasteiger partial charge on any atom is -0.444 e. The zero-order chi connectivity index (χ0) is 74.9. The number of aromatic nitrogens is 14. The highest BCUT2D eigenvalue weighted by Gasteiger charge is 2.52. The molecular weight excluding hydrogens is 1240 g/mol. The van der Waals surface area contributed by atoms with Gasteiger partial charge in [-0.1, -0.05) is 52.4 Å². The van der Waals surface area contributed by atoms with Gasteiger partial charge in [-0.2, -0.15) is 10.2 Å². The van der Waals surface area contributed by atoms with Crippen LogP contribution in [0.25, 0.3) is 11.3 Å². The van der Waals surface area contributed by atoms with E-state index in [9.17, 15) is 19.2 Å². The average molecular weight is 1340 g/mol. The number of aryl methyl sites for hydroxylation is 2. The standard InChI is InChI=1S/C31H39N9O3.C29H43BN4O5.C8H8ClN5/c1-30(2,3)40-19-26(36-37-40)27(41)15-20-11-13-39(29(42)43-31(4,5)6)17-22-14-21(8-9-24(20)22)25-10-12-32-28(35-25)34-23-16-33-38(7)18-23;1-26(2,3)34-18-23(31-32-34)24(35)16-19-13-14-33(25(36)37-27(4,5)6)17-20-15-21(11-12-22(19)20)30-38-28(7,8)29(9,10)39-30;1-14-5-6(4-11-14)12-8-10-3-2-7(9)13-8/h8-10,12,14,16,18-20H,11,13,15,17H2,1-7H3,(H,32,34,35);11-12,15,18-19H,13-14,16-17H2,1-10H3;2-5H,1H3,(H,10,12,13)/t20-;19-;/m00./s1/i7D3;;1D3. The summed E-state index contributed by atoms with van der Waals surface area (Å²) in [5.41, 5.74) is 4.93. The van der Waals surface area contributed by atoms with Gasteiger partial charge in [-0.05, 0) is 181 Å². The fraction of sp³-hybridized carbons (Fsp3) is 0.500. The van der Waals surface area contributed by atoms with Crippen molar-refractivity contribution in [3.8, 4) is 11.3 Å². The number of fused-ring (bicyclic) bond motifs is 2. The molecule has 0 saturated carbocycles. The molecule has 2 aromatic carbocycles. The topological polar surface area (TPSA) is 284 Å². The van der Waals surface area contributed by atoms with Gasteiger partial charge in [-0.15, -0.1) is 10.2 Å². The Morgan fingerprint density at radius 2 is 1.08 bits per heavy atom. The third kappa shape index (κ3) is 18.5. The number of ether oxygens (including phenoxy) is 2. The molecule has 510 valence electrons. The molecule has 0 bridgehead atoms. The Bertz CT molecular complexity index is 4300. The predicted molar refractivity (Wildman–Crippen MR) is 366 cm³/mol. The molecule has 96 heavy (non-hydrogen) atoms. The third-order valence-electron chi connectivity index (χ3n) is 16.3. The molecule has 3 aliphatic heterocycles. The smallest absolute Gasteiger partial charge is 0.444 e. The van der Waals surface area contributed by atoms with Gasteiger partial charge in [0.1, 0.15) is 27.7 Å². The van der Waals surface area contributed by atoms with Crippen LogP contribution in [-0.4, -0.2) is 146 Å². The molecular formula is C68H90BClN18O8. The van der Waals surface area contributed by atoms with Crippen molar-refractivity contribution in [3.05, 3.63) is 137 Å². The number of halogens is 1. The number of hydrogen-bond donors (Lipinski definition) is 2. The maximum Gasteiger partial charge on any atom is 0.494 e. The van der Waals surface area contributed by atoms with Crippen molar-refractivity contribution in [3.63, 3.8) is 0 Å². The first kappa shape index (κ1) is 63.1. The number of nitrogens with one attached hydrogen (secondary N) is 2. The van der Waals surface area contributed by atoms with Gasteiger partial charge in [0, 0.05) is 91.5 Å². The summed E-state index contributed by atoms with van der Waals surface area (Å²) >= 11 is 5.69. The van der Waals surface area contributed by atoms with Crippen molar-refractivity contribution < 1.29 is 46.2 Å². The van der Waals surface area contributed by atoms with Crippen molar-refractivity contribution in [1.82, 2.24) is 79.3 Å². The van der Waals surface area contributed by atoms with Crippen LogP contribution in [0.1, 0.15) is 200 Å². The molecule has 11 rings (SSSR count). The van der Waals surface area contributed by atoms with E-state index in [-0.39, 0.29) is 65.3 Å². The van der Waals surface area contributed by atoms with E-state index in [0.717, 1.165) is 42.6 Å². The molecule has 3 aliphatic rings. The zero-order valence-corrected chi connectivity index (χ0v) is 58.2. The maximum atomic E-state index is 13.4. The lowest BCUT2D eigenvalue weighted by Crippen LogP contribution is -2.41. The van der Waals surface area contributed by atoms with Crippen LogP contribution in [-0.2, 0) is 56.9 Å². The third-order valence-corrected chi connectivity index (χ3v) is 16.5. The molecule has 9 heterocycles. The van der Waals surface area contributed by atoms with Gasteiger partial charge >= 0.3 is 19.3 Å². The van der Waals surface area contributed by atoms with Gasteiger partial charge < -0.3 is 39.2 Å². The van der Waals surface area contributed by atoms with Gasteiger partial charge in [0.25, 0.3) is 0 Å². The SMILES string of the molecule is CC(C)(C)OC(=O)N1CC[C@@H](CC(=O)c2cn(C(C)(C)C)nn2)c2ccc(B3OC(C)(C)C(C)(C)O3)cc2C1.[2H]C([2H])([2H])n1cc(Nc2nccc(-c3ccc4c(c3)CN(C(=O)OC(C)(C)C)CC[C@H]4CC(=O)c3cn(C(C)(C)C)nn3)n2)cn1.[2H]C([2H])([2H])n1cc(Nc2nccc(Cl)n2)cn1. The Balaban J connectivity index is 0.000000195. The number of ketones is 2. The van der Waals surface area contributed by atoms with Crippen LogP contribution in [0, 0.1) is 0 Å². The van der Waals surface area contributed by atoms with Gasteiger partial charge in [0.2, 0.25) is 11.9 Å². The molecule has 28 heteroatoms. The van der Waals surface area contributed by atoms with E-state index in [0.29, 0.717) is 72.6 Å². The largest absolute Gasteiger partial charge is 0.494 e. The maximum absolute atomic E-state index is 13.4. The van der Waals surface area contributed by atoms with Crippen molar-refractivity contribution in [2.24, 2.45) is 14.0 Å². The number of benzene rings is 2. The van der Waals surface area contributed by atoms with Crippen molar-refractivity contribution in [1.29, 1.82) is 0 Å². The quantitative estimate of drug-likeness (QED) is 0.0653. The summed E-state index contributed by atoms with van der Waals surface area (Å²) in [6, 6.07) is 15.3. The summed E-state index contributed by atoms with van der Waals surface area (Å²) in [6.45, 7) is 28.1. The normalized spacial score (nSPS) is 18.1. The molecule has 1 saturated heterocycles. The van der Waals surface area contributed by atoms with Crippen LogP contribution >= 0.6 is 11.6 Å². The van der Waals surface area contributed by atoms with E-state index in [1.165, 1.54) is 31.0 Å². The van der Waals surface area contributed by atoms with Gasteiger partial charge in [0.15, 0.2) is 11.6 Å². The molecule has 2 N–H and O–H groups in total. The van der Waals surface area contributed by atoms with E-state index in [1.807, 2.05) is 141 Å². The first-order valence-electron chi connectivity index (χ1n) is 34.7. The van der Waals surface area contributed by atoms with Crippen LogP contribution in [0.2, 0.25) is 5.15 Å². The van der Waals surface area contributed by atoms with E-state index in [4.69, 9.17) is 38.6 Å². The lowest BCUT2D eigenvalue weighted by atomic mass is 9.76. The predicted octanol–water partition coefficient (Wildman–Crippen LogP) is 11.9. The van der Waals surface area contributed by atoms with Crippen LogP contribution in [0.15, 0.2) is 98.1 Å². The van der Waals surface area contributed by atoms with E-state index in [1.54, 1.807) is 49.9 Å². The first-order chi connectivity index (χ1) is 47.3. The fourth-order valence-corrected chi connectivity index (χ4v) is 10.7. The highest BCUT2D eigenvalue weighted by Crippen LogP contribution is 2.39. The number of anilines is 4. The minimum atomic E-state index is -2.40. The summed E-state index contributed by atoms with van der Waals surface area (Å²) < 4.78 is 73.2. The highest BCUT2D eigenvalue weighted by atomic mass is 35.5. The number of nitrogens with zero attached hydrogens (tertiary/aromatic N) is 16. The van der Waals surface area contributed by atoms with Crippen molar-refractivity contribution in [2.45, 2.75) is 195 Å². The molecule has 2 atom stereocenters. The molecule has 2 amide bonds. The van der Waals surface area contributed by atoms with E-state index < -0.39 is 49.6 Å². The Hall–Kier alpha value is -8.95. The summed E-state index contributed by atoms with van der Waals surface area (Å²) in [7, 11) is -0.522. The van der Waals surface area contributed by atoms with Gasteiger partial charge in [-0.3, -0.25) is 19.0 Å². The summed E-state index contributed by atoms with van der Waals surface area (Å²) in [4.78, 5) is 73.2. The van der Waals surface area contributed by atoms with Gasteiger partial charge in [-0.25, -0.2) is 38.9 Å². The van der Waals surface area contributed by atoms with E-state index in [2.05, 4.69) is 67.5 Å². The van der Waals surface area contributed by atoms with Crippen molar-refractivity contribution in [2.75, 3.05) is 23.7 Å². The molecule has 8 aromatic rings. The molecule has 6 aromatic heterocycles. The van der Waals surface area contributed by atoms with Gasteiger partial charge in [0.05, 0.1) is 64.1 Å². The number of Topliss-reactive ketones (excluding diaryl/α,β-unsaturated/α-hetero) is 2. The lowest BCUT2D eigenvalue weighted by molar-refractivity contribution is 0.00578. The molecule has 0 spiro atoms. The number of hydrogen-bond acceptors (Lipinski definition) is 20. The first-order valence-corrected chi connectivity index (χ1v) is 32.1. The lowest BCUT2D eigenvalue weighted by Gasteiger charge is -2.32. The number of amides is 2. The van der Waals surface area contributed by atoms with Crippen LogP contribution < -0.4 is 16.1 Å². The molecule has 1 fully saturated rings. The summed E-state index contributed by atoms with van der Waals surface area (Å²) in [5, 5.41) is 30.3. The molecule has 0 aliphatic carbocycles. The molecule has 0 unspecified atom stereocenters. The van der Waals surface area contributed by atoms with Crippen LogP contribution in [0.4, 0.5) is 32.9 Å². The molecule has 26 nitrogen and oxygen atoms in total. The second-order valence-corrected chi connectivity index (χ2v) is 29.4. The Morgan fingerprint density at radius 3 is 1.52 bits per heavy atom. The number of rotatable bonds is 12. The second kappa shape index (κ2) is 28.4. The Morgan fingerprint density at radius 1 is 0.625 bits per heavy atom. The fourth-order valence-electron chi connectivity index (χ4n) is 10.6. The zero-order valence-electron chi connectivity index (χ0n) is 63.4. The van der Waals surface area contributed by atoms with E-state index >= 15 is 0 Å². The highest BCUT2D eigenvalue weighted by molar-refractivity contribution is 6.62. The minimum absolute atomic E-state index is 0.0674. The number of carbonyl (C=O) groups excluding carboxylic acids is 4. The number of carbonyl (C=O) groups is 4. The summed E-state index contributed by atoms with van der Waals surface area (Å²) in [5.74, 6) is 0.104. The van der Waals surface area contributed by atoms with Crippen LogP contribution in [0.5, 0.6) is 0 Å². The average Bonchev–Trinajstić information content (AvgIpc) is 1.61. The molecule has 0 radical (unpaired) electrons. The Labute approximate surface area is 575 Å². The van der Waals surface area contributed by atoms with Crippen LogP contribution in [0.3, 0.4) is 0 Å². The Kier molecular flexibility index (Phi) is 18.7.